The zero-order valence-corrected chi connectivity index (χ0v) is 15.1. The fraction of sp³-hybridized carbons (Fsp3) is 0.556. The van der Waals surface area contributed by atoms with Crippen molar-refractivity contribution in [2.75, 3.05) is 20.2 Å². The molecule has 2 rings (SSSR count). The minimum absolute atomic E-state index is 0.0706. The molecule has 25 heavy (non-hydrogen) atoms. The van der Waals surface area contributed by atoms with Crippen LogP contribution in [-0.2, 0) is 25.5 Å². The molecule has 1 aliphatic rings. The fourth-order valence-electron chi connectivity index (χ4n) is 2.86. The zero-order chi connectivity index (χ0) is 18.7. The van der Waals surface area contributed by atoms with Crippen LogP contribution in [0.5, 0.6) is 0 Å². The van der Waals surface area contributed by atoms with Crippen LogP contribution in [0, 0.1) is 5.41 Å². The number of hydrogen-bond donors (Lipinski definition) is 0. The Hall–Kier alpha value is -2.44. The molecule has 0 saturated carbocycles. The van der Waals surface area contributed by atoms with Gasteiger partial charge < -0.3 is 14.4 Å². The number of ketones is 1. The summed E-state index contributed by atoms with van der Waals surface area (Å²) in [6.07, 6.45) is 1.20. The summed E-state index contributed by atoms with van der Waals surface area (Å²) in [5.41, 5.74) is -1.53. The number of carbonyl (C=O) groups is 3. The number of carbonyl (C=O) groups excluding carboxylic acids is 3. The third-order valence-corrected chi connectivity index (χ3v) is 4.04. The lowest BCUT2D eigenvalue weighted by atomic mass is 9.75. The number of pyridine rings is 1. The number of esters is 1. The van der Waals surface area contributed by atoms with E-state index in [-0.39, 0.29) is 31.7 Å². The number of amides is 1. The molecule has 1 aliphatic heterocycles. The summed E-state index contributed by atoms with van der Waals surface area (Å²) in [6.45, 7) is 5.43. The van der Waals surface area contributed by atoms with Gasteiger partial charge in [0.2, 0.25) is 0 Å². The third-order valence-electron chi connectivity index (χ3n) is 4.04. The van der Waals surface area contributed by atoms with Crippen LogP contribution in [-0.4, -0.2) is 53.5 Å². The van der Waals surface area contributed by atoms with Crippen LogP contribution in [0.25, 0.3) is 0 Å². The quantitative estimate of drug-likeness (QED) is 0.613. The Balaban J connectivity index is 2.31. The number of nitrogens with zero attached hydrogens (tertiary/aromatic N) is 2. The molecule has 7 heteroatoms. The molecule has 0 aromatic carbocycles. The van der Waals surface area contributed by atoms with Gasteiger partial charge in [0.1, 0.15) is 11.0 Å². The van der Waals surface area contributed by atoms with Crippen molar-refractivity contribution in [2.45, 2.75) is 39.2 Å². The number of piperidine rings is 1. The van der Waals surface area contributed by atoms with Gasteiger partial charge in [0.05, 0.1) is 7.11 Å². The molecule has 1 saturated heterocycles. The van der Waals surface area contributed by atoms with Crippen molar-refractivity contribution in [3.63, 3.8) is 0 Å². The monoisotopic (exact) mass is 348 g/mol. The highest BCUT2D eigenvalue weighted by Crippen LogP contribution is 2.32. The van der Waals surface area contributed by atoms with E-state index < -0.39 is 23.1 Å². The van der Waals surface area contributed by atoms with Gasteiger partial charge in [-0.1, -0.05) is 6.07 Å². The van der Waals surface area contributed by atoms with E-state index in [2.05, 4.69) is 4.98 Å². The van der Waals surface area contributed by atoms with E-state index in [9.17, 15) is 14.4 Å². The van der Waals surface area contributed by atoms with Crippen LogP contribution < -0.4 is 0 Å². The van der Waals surface area contributed by atoms with Crippen LogP contribution in [0.4, 0.5) is 4.79 Å². The Morgan fingerprint density at radius 3 is 2.60 bits per heavy atom. The Morgan fingerprint density at radius 1 is 1.32 bits per heavy atom. The second kappa shape index (κ2) is 7.21. The molecule has 136 valence electrons. The predicted octanol–water partition coefficient (Wildman–Crippen LogP) is 1.99. The average Bonchev–Trinajstić information content (AvgIpc) is 2.55. The van der Waals surface area contributed by atoms with Crippen LogP contribution in [0.3, 0.4) is 0 Å². The lowest BCUT2D eigenvalue weighted by molar-refractivity contribution is -0.161. The van der Waals surface area contributed by atoms with Gasteiger partial charge in [-0.15, -0.1) is 0 Å². The molecule has 0 radical (unpaired) electrons. The Kier molecular flexibility index (Phi) is 5.45. The van der Waals surface area contributed by atoms with Crippen LogP contribution in [0.15, 0.2) is 24.4 Å². The Labute approximate surface area is 147 Å². The van der Waals surface area contributed by atoms with Crippen molar-refractivity contribution < 1.29 is 23.9 Å². The van der Waals surface area contributed by atoms with Gasteiger partial charge in [0.15, 0.2) is 5.78 Å². The van der Waals surface area contributed by atoms with Crippen LogP contribution in [0.1, 0.15) is 32.9 Å². The van der Waals surface area contributed by atoms with Gasteiger partial charge in [0, 0.05) is 37.8 Å². The molecule has 0 N–H and O–H groups in total. The third kappa shape index (κ3) is 4.35. The van der Waals surface area contributed by atoms with E-state index in [1.165, 1.54) is 12.0 Å². The number of ether oxygens (including phenoxy) is 2. The number of hydrogen-bond acceptors (Lipinski definition) is 6. The lowest BCUT2D eigenvalue weighted by Crippen LogP contribution is -2.57. The van der Waals surface area contributed by atoms with Gasteiger partial charge in [0.25, 0.3) is 0 Å². The molecule has 0 spiro atoms. The second-order valence-corrected chi connectivity index (χ2v) is 7.15. The molecule has 7 nitrogen and oxygen atoms in total. The van der Waals surface area contributed by atoms with Gasteiger partial charge in [-0.25, -0.2) is 4.79 Å². The SMILES string of the molecule is COC(=O)[C@]1(Cc2ccccn2)CN(C(=O)OC(C)(C)C)CCC1=O. The zero-order valence-electron chi connectivity index (χ0n) is 15.1. The standard InChI is InChI=1S/C18H24N2O5/c1-17(2,3)25-16(23)20-10-8-14(21)18(12-20,15(22)24-4)11-13-7-5-6-9-19-13/h5-7,9H,8,10-12H2,1-4H3/t18-/m1/s1. The van der Waals surface area contributed by atoms with Crippen molar-refractivity contribution in [2.24, 2.45) is 5.41 Å². The number of Topliss-reactive ketones (excluding diaryl/α,β-unsaturated/α-hetero) is 1. The second-order valence-electron chi connectivity index (χ2n) is 7.15. The summed E-state index contributed by atoms with van der Waals surface area (Å²) in [5, 5.41) is 0. The first kappa shape index (κ1) is 18.9. The summed E-state index contributed by atoms with van der Waals surface area (Å²) in [4.78, 5) is 43.2. The summed E-state index contributed by atoms with van der Waals surface area (Å²) in [6, 6.07) is 5.28. The molecular weight excluding hydrogens is 324 g/mol. The molecule has 1 fully saturated rings. The highest BCUT2D eigenvalue weighted by molar-refractivity contribution is 6.05. The molecule has 1 amide bonds. The van der Waals surface area contributed by atoms with E-state index in [1.807, 2.05) is 0 Å². The topological polar surface area (TPSA) is 85.8 Å². The first-order valence-electron chi connectivity index (χ1n) is 8.17. The van der Waals surface area contributed by atoms with Gasteiger partial charge in [-0.05, 0) is 32.9 Å². The molecule has 1 aromatic rings. The maximum atomic E-state index is 12.7. The number of rotatable bonds is 3. The smallest absolute Gasteiger partial charge is 0.410 e. The minimum atomic E-state index is -1.46. The summed E-state index contributed by atoms with van der Waals surface area (Å²) in [5.74, 6) is -0.902. The van der Waals surface area contributed by atoms with E-state index in [1.54, 1.807) is 45.2 Å². The lowest BCUT2D eigenvalue weighted by Gasteiger charge is -2.39. The first-order chi connectivity index (χ1) is 11.7. The van der Waals surface area contributed by atoms with Crippen molar-refractivity contribution in [1.82, 2.24) is 9.88 Å². The number of aromatic nitrogens is 1. The van der Waals surface area contributed by atoms with Crippen molar-refractivity contribution in [3.8, 4) is 0 Å². The predicted molar refractivity (Wildman–Crippen MR) is 89.8 cm³/mol. The van der Waals surface area contributed by atoms with Crippen LogP contribution >= 0.6 is 0 Å². The van der Waals surface area contributed by atoms with Crippen molar-refractivity contribution in [1.29, 1.82) is 0 Å². The van der Waals surface area contributed by atoms with E-state index >= 15 is 0 Å². The Bertz CT molecular complexity index is 643. The number of methoxy groups -OCH3 is 1. The molecule has 1 atom stereocenters. The summed E-state index contributed by atoms with van der Waals surface area (Å²) < 4.78 is 10.3. The highest BCUT2D eigenvalue weighted by atomic mass is 16.6. The molecule has 0 unspecified atom stereocenters. The average molecular weight is 348 g/mol. The van der Waals surface area contributed by atoms with E-state index in [4.69, 9.17) is 9.47 Å². The maximum Gasteiger partial charge on any atom is 0.410 e. The first-order valence-corrected chi connectivity index (χ1v) is 8.17. The van der Waals surface area contributed by atoms with E-state index in [0.717, 1.165) is 0 Å². The van der Waals surface area contributed by atoms with Crippen LogP contribution in [0.2, 0.25) is 0 Å². The van der Waals surface area contributed by atoms with E-state index in [0.29, 0.717) is 5.69 Å². The normalized spacial score (nSPS) is 21.0. The van der Waals surface area contributed by atoms with Gasteiger partial charge in [-0.3, -0.25) is 14.6 Å². The fourth-order valence-corrected chi connectivity index (χ4v) is 2.86. The number of likely N-dealkylation sites (tertiary alicyclic amines) is 1. The highest BCUT2D eigenvalue weighted by Gasteiger charge is 2.51. The summed E-state index contributed by atoms with van der Waals surface area (Å²) in [7, 11) is 1.24. The largest absolute Gasteiger partial charge is 0.468 e. The van der Waals surface area contributed by atoms with Crippen molar-refractivity contribution in [3.05, 3.63) is 30.1 Å². The molecule has 0 bridgehead atoms. The minimum Gasteiger partial charge on any atom is -0.468 e. The molecule has 1 aromatic heterocycles. The maximum absolute atomic E-state index is 12.7. The van der Waals surface area contributed by atoms with Crippen molar-refractivity contribution >= 4 is 17.8 Å². The molecule has 2 heterocycles. The van der Waals surface area contributed by atoms with Gasteiger partial charge >= 0.3 is 12.1 Å². The molecule has 0 aliphatic carbocycles. The van der Waals surface area contributed by atoms with Gasteiger partial charge in [-0.2, -0.15) is 0 Å². The Morgan fingerprint density at radius 2 is 2.04 bits per heavy atom. The summed E-state index contributed by atoms with van der Waals surface area (Å²) >= 11 is 0. The molecular formula is C18H24N2O5.